The molecule has 0 unspecified atom stereocenters. The summed E-state index contributed by atoms with van der Waals surface area (Å²) >= 11 is 0. The minimum absolute atomic E-state index is 0.00921. The summed E-state index contributed by atoms with van der Waals surface area (Å²) < 4.78 is 22.8. The Labute approximate surface area is 113 Å². The molecule has 1 aromatic carbocycles. The van der Waals surface area contributed by atoms with Gasteiger partial charge in [0.2, 0.25) is 10.0 Å². The summed E-state index contributed by atoms with van der Waals surface area (Å²) in [6.45, 7) is 5.98. The van der Waals surface area contributed by atoms with Gasteiger partial charge in [0.1, 0.15) is 0 Å². The summed E-state index contributed by atoms with van der Waals surface area (Å²) in [7, 11) is -2.14. The molecule has 0 bridgehead atoms. The van der Waals surface area contributed by atoms with E-state index >= 15 is 0 Å². The molecule has 0 spiro atoms. The van der Waals surface area contributed by atoms with Crippen molar-refractivity contribution < 1.29 is 13.2 Å². The molecular weight excluding hydrogens is 266 g/mol. The Hall–Kier alpha value is -1.60. The number of anilines is 1. The summed E-state index contributed by atoms with van der Waals surface area (Å²) in [5.41, 5.74) is 2.01. The summed E-state index contributed by atoms with van der Waals surface area (Å²) in [4.78, 5) is 13.3. The van der Waals surface area contributed by atoms with E-state index in [1.807, 2.05) is 13.8 Å². The van der Waals surface area contributed by atoms with Crippen LogP contribution in [0.4, 0.5) is 10.5 Å². The Kier molecular flexibility index (Phi) is 4.54. The van der Waals surface area contributed by atoms with Crippen LogP contribution < -0.4 is 10.5 Å². The summed E-state index contributed by atoms with van der Waals surface area (Å²) in [5, 5.41) is 7.79. The van der Waals surface area contributed by atoms with Crippen molar-refractivity contribution in [3.63, 3.8) is 0 Å². The van der Waals surface area contributed by atoms with Crippen LogP contribution >= 0.6 is 0 Å². The summed E-state index contributed by atoms with van der Waals surface area (Å²) in [6, 6.07) is 2.57. The number of amides is 2. The van der Waals surface area contributed by atoms with Crippen molar-refractivity contribution in [1.29, 1.82) is 0 Å². The lowest BCUT2D eigenvalue weighted by Crippen LogP contribution is -2.31. The van der Waals surface area contributed by atoms with Gasteiger partial charge in [0.25, 0.3) is 0 Å². The van der Waals surface area contributed by atoms with E-state index in [9.17, 15) is 13.2 Å². The molecule has 0 atom stereocenters. The lowest BCUT2D eigenvalue weighted by Gasteiger charge is -2.18. The van der Waals surface area contributed by atoms with Gasteiger partial charge in [0.05, 0.1) is 4.90 Å². The van der Waals surface area contributed by atoms with Crippen molar-refractivity contribution in [2.75, 3.05) is 18.9 Å². The van der Waals surface area contributed by atoms with Gasteiger partial charge in [0.15, 0.2) is 0 Å². The van der Waals surface area contributed by atoms with Crippen molar-refractivity contribution in [1.82, 2.24) is 4.90 Å². The average molecular weight is 285 g/mol. The molecule has 0 radical (unpaired) electrons. The number of primary sulfonamides is 1. The van der Waals surface area contributed by atoms with Gasteiger partial charge in [-0.25, -0.2) is 18.4 Å². The largest absolute Gasteiger partial charge is 0.328 e. The first-order valence-corrected chi connectivity index (χ1v) is 7.37. The highest BCUT2D eigenvalue weighted by Gasteiger charge is 2.15. The molecule has 6 nitrogen and oxygen atoms in total. The highest BCUT2D eigenvalue weighted by Crippen LogP contribution is 2.23. The van der Waals surface area contributed by atoms with Crippen LogP contribution in [0.3, 0.4) is 0 Å². The maximum atomic E-state index is 11.8. The predicted molar refractivity (Wildman–Crippen MR) is 74.6 cm³/mol. The van der Waals surface area contributed by atoms with Gasteiger partial charge < -0.3 is 10.2 Å². The van der Waals surface area contributed by atoms with Gasteiger partial charge in [-0.05, 0) is 44.0 Å². The molecular formula is C12H19N3O3S. The third-order valence-electron chi connectivity index (χ3n) is 3.03. The van der Waals surface area contributed by atoms with E-state index in [-0.39, 0.29) is 10.9 Å². The molecule has 7 heteroatoms. The molecule has 3 N–H and O–H groups in total. The lowest BCUT2D eigenvalue weighted by molar-refractivity contribution is 0.224. The van der Waals surface area contributed by atoms with Crippen molar-refractivity contribution in [2.45, 2.75) is 25.7 Å². The normalized spacial score (nSPS) is 11.2. The van der Waals surface area contributed by atoms with E-state index < -0.39 is 10.0 Å². The fourth-order valence-electron chi connectivity index (χ4n) is 1.47. The molecule has 0 saturated heterocycles. The second-order valence-electron chi connectivity index (χ2n) is 4.40. The van der Waals surface area contributed by atoms with Crippen molar-refractivity contribution in [2.24, 2.45) is 5.14 Å². The molecule has 2 amide bonds. The van der Waals surface area contributed by atoms with Gasteiger partial charge >= 0.3 is 6.03 Å². The van der Waals surface area contributed by atoms with Crippen LogP contribution in [0.2, 0.25) is 0 Å². The van der Waals surface area contributed by atoms with E-state index in [2.05, 4.69) is 5.32 Å². The van der Waals surface area contributed by atoms with Crippen LogP contribution in [0.25, 0.3) is 0 Å². The standard InChI is InChI=1S/C12H19N3O3S/c1-5-15(4)12(16)14-11-7-10(19(13,17)18)6-8(2)9(11)3/h6-7H,5H2,1-4H3,(H,14,16)(H2,13,17,18). The Morgan fingerprint density at radius 1 is 1.37 bits per heavy atom. The van der Waals surface area contributed by atoms with Gasteiger partial charge in [-0.2, -0.15) is 0 Å². The average Bonchev–Trinajstić information content (AvgIpc) is 2.32. The zero-order chi connectivity index (χ0) is 14.8. The Morgan fingerprint density at radius 2 is 1.95 bits per heavy atom. The van der Waals surface area contributed by atoms with Crippen LogP contribution in [-0.4, -0.2) is 32.9 Å². The van der Waals surface area contributed by atoms with Crippen LogP contribution in [0.15, 0.2) is 17.0 Å². The third kappa shape index (κ3) is 3.68. The molecule has 0 saturated carbocycles. The number of carbonyl (C=O) groups excluding carboxylic acids is 1. The Balaban J connectivity index is 3.21. The van der Waals surface area contributed by atoms with Gasteiger partial charge in [-0.3, -0.25) is 0 Å². The first kappa shape index (κ1) is 15.5. The summed E-state index contributed by atoms with van der Waals surface area (Å²) in [6.07, 6.45) is 0. The number of nitrogens with one attached hydrogen (secondary N) is 1. The van der Waals surface area contributed by atoms with E-state index in [0.717, 1.165) is 11.1 Å². The highest BCUT2D eigenvalue weighted by atomic mass is 32.2. The maximum Gasteiger partial charge on any atom is 0.321 e. The molecule has 0 aliphatic carbocycles. The van der Waals surface area contributed by atoms with Crippen LogP contribution in [0.5, 0.6) is 0 Å². The summed E-state index contributed by atoms with van der Waals surface area (Å²) in [5.74, 6) is 0. The molecule has 0 aromatic heterocycles. The molecule has 1 aromatic rings. The first-order chi connectivity index (χ1) is 8.66. The van der Waals surface area contributed by atoms with Crippen molar-refractivity contribution >= 4 is 21.7 Å². The van der Waals surface area contributed by atoms with Gasteiger partial charge in [0, 0.05) is 19.3 Å². The van der Waals surface area contributed by atoms with Gasteiger partial charge in [-0.1, -0.05) is 0 Å². The van der Waals surface area contributed by atoms with Crippen molar-refractivity contribution in [3.05, 3.63) is 23.3 Å². The quantitative estimate of drug-likeness (QED) is 0.880. The predicted octanol–water partition coefficient (Wildman–Crippen LogP) is 1.43. The fourth-order valence-corrected chi connectivity index (χ4v) is 2.10. The Morgan fingerprint density at radius 3 is 2.42 bits per heavy atom. The first-order valence-electron chi connectivity index (χ1n) is 5.83. The zero-order valence-corrected chi connectivity index (χ0v) is 12.3. The number of urea groups is 1. The third-order valence-corrected chi connectivity index (χ3v) is 3.92. The van der Waals surface area contributed by atoms with Crippen LogP contribution in [-0.2, 0) is 10.0 Å². The number of sulfonamides is 1. The van der Waals surface area contributed by atoms with E-state index in [4.69, 9.17) is 5.14 Å². The molecule has 0 aliphatic heterocycles. The second-order valence-corrected chi connectivity index (χ2v) is 5.96. The number of carbonyl (C=O) groups is 1. The molecule has 0 aliphatic rings. The number of aryl methyl sites for hydroxylation is 1. The number of benzene rings is 1. The zero-order valence-electron chi connectivity index (χ0n) is 11.5. The number of hydrogen-bond donors (Lipinski definition) is 2. The number of hydrogen-bond acceptors (Lipinski definition) is 3. The molecule has 0 heterocycles. The molecule has 0 fully saturated rings. The van der Waals surface area contributed by atoms with E-state index in [0.29, 0.717) is 12.2 Å². The smallest absolute Gasteiger partial charge is 0.321 e. The number of rotatable bonds is 3. The Bertz CT molecular complexity index is 596. The lowest BCUT2D eigenvalue weighted by atomic mass is 10.1. The fraction of sp³-hybridized carbons (Fsp3) is 0.417. The number of nitrogens with two attached hydrogens (primary N) is 1. The van der Waals surface area contributed by atoms with Crippen LogP contribution in [0, 0.1) is 13.8 Å². The number of nitrogens with zero attached hydrogens (tertiary/aromatic N) is 1. The van der Waals surface area contributed by atoms with Crippen LogP contribution in [0.1, 0.15) is 18.1 Å². The molecule has 106 valence electrons. The minimum atomic E-state index is -3.79. The van der Waals surface area contributed by atoms with Crippen molar-refractivity contribution in [3.8, 4) is 0 Å². The van der Waals surface area contributed by atoms with E-state index in [1.54, 1.807) is 14.0 Å². The van der Waals surface area contributed by atoms with Gasteiger partial charge in [-0.15, -0.1) is 0 Å². The topological polar surface area (TPSA) is 92.5 Å². The second kappa shape index (κ2) is 5.58. The maximum absolute atomic E-state index is 11.8. The SMILES string of the molecule is CCN(C)C(=O)Nc1cc(S(N)(=O)=O)cc(C)c1C. The van der Waals surface area contributed by atoms with E-state index in [1.165, 1.54) is 17.0 Å². The molecule has 19 heavy (non-hydrogen) atoms. The minimum Gasteiger partial charge on any atom is -0.328 e. The monoisotopic (exact) mass is 285 g/mol. The molecule has 1 rings (SSSR count). The highest BCUT2D eigenvalue weighted by molar-refractivity contribution is 7.89.